The van der Waals surface area contributed by atoms with Gasteiger partial charge in [0.1, 0.15) is 17.3 Å². The summed E-state index contributed by atoms with van der Waals surface area (Å²) in [6.45, 7) is -0.445. The lowest BCUT2D eigenvalue weighted by molar-refractivity contribution is 0.258. The molecule has 2 rings (SSSR count). The molecule has 0 radical (unpaired) electrons. The summed E-state index contributed by atoms with van der Waals surface area (Å²) < 4.78 is 60.2. The minimum Gasteiger partial charge on any atom is -0.481 e. The predicted octanol–water partition coefficient (Wildman–Crippen LogP) is 2.26. The van der Waals surface area contributed by atoms with E-state index in [1.807, 2.05) is 0 Å². The van der Waals surface area contributed by atoms with Crippen LogP contribution in [0.1, 0.15) is 5.69 Å². The second-order valence-electron chi connectivity index (χ2n) is 3.17. The summed E-state index contributed by atoms with van der Waals surface area (Å²) in [7, 11) is 0. The minimum absolute atomic E-state index is 0.0935. The fourth-order valence-corrected chi connectivity index (χ4v) is 1.57. The Bertz CT molecular complexity index is 563. The van der Waals surface area contributed by atoms with E-state index in [1.54, 1.807) is 0 Å². The predicted molar refractivity (Wildman–Crippen MR) is 54.9 cm³/mol. The fourth-order valence-electron chi connectivity index (χ4n) is 1.13. The standard InChI is InChI=1S/C9H5F4N3OS/c10-3-1-4(11)7(13)8(6(3)12)17-2-5-9(14)18-16-15-5/h1H,2,14H2. The number of ether oxygens (including phenoxy) is 1. The maximum atomic E-state index is 13.2. The first kappa shape index (κ1) is 12.6. The van der Waals surface area contributed by atoms with Crippen LogP contribution in [0, 0.1) is 23.3 Å². The third-order valence-corrected chi connectivity index (χ3v) is 2.61. The molecule has 1 aromatic carbocycles. The molecule has 2 N–H and O–H groups in total. The summed E-state index contributed by atoms with van der Waals surface area (Å²) in [5.41, 5.74) is 5.55. The molecule has 18 heavy (non-hydrogen) atoms. The van der Waals surface area contributed by atoms with Crippen LogP contribution >= 0.6 is 11.5 Å². The monoisotopic (exact) mass is 279 g/mol. The van der Waals surface area contributed by atoms with E-state index in [9.17, 15) is 17.6 Å². The Labute approximate surface area is 102 Å². The van der Waals surface area contributed by atoms with Crippen molar-refractivity contribution in [3.8, 4) is 5.75 Å². The third-order valence-electron chi connectivity index (χ3n) is 2.01. The van der Waals surface area contributed by atoms with Gasteiger partial charge in [0.15, 0.2) is 17.4 Å². The van der Waals surface area contributed by atoms with Crippen molar-refractivity contribution in [2.75, 3.05) is 5.73 Å². The van der Waals surface area contributed by atoms with Crippen LogP contribution in [0.3, 0.4) is 0 Å². The van der Waals surface area contributed by atoms with Gasteiger partial charge in [0.2, 0.25) is 11.6 Å². The zero-order valence-electron chi connectivity index (χ0n) is 8.58. The molecule has 1 heterocycles. The van der Waals surface area contributed by atoms with Crippen molar-refractivity contribution in [1.29, 1.82) is 0 Å². The summed E-state index contributed by atoms with van der Waals surface area (Å²) in [6, 6.07) is 0.0935. The number of nitrogens with two attached hydrogens (primary N) is 1. The van der Waals surface area contributed by atoms with Crippen LogP contribution in [0.2, 0.25) is 0 Å². The Kier molecular flexibility index (Phi) is 3.32. The van der Waals surface area contributed by atoms with Crippen LogP contribution in [0.4, 0.5) is 22.6 Å². The van der Waals surface area contributed by atoms with Crippen molar-refractivity contribution >= 4 is 16.5 Å². The molecule has 0 saturated carbocycles. The first-order valence-corrected chi connectivity index (χ1v) is 5.30. The number of nitrogen functional groups attached to an aromatic ring is 1. The molecule has 0 spiro atoms. The SMILES string of the molecule is Nc1snnc1COc1c(F)c(F)cc(F)c1F. The second-order valence-corrected chi connectivity index (χ2v) is 3.96. The van der Waals surface area contributed by atoms with Crippen LogP contribution < -0.4 is 10.5 Å². The molecule has 0 saturated heterocycles. The van der Waals surface area contributed by atoms with Crippen LogP contribution in [0.5, 0.6) is 5.75 Å². The summed E-state index contributed by atoms with van der Waals surface area (Å²) in [4.78, 5) is 0. The Morgan fingerprint density at radius 3 is 2.28 bits per heavy atom. The van der Waals surface area contributed by atoms with Crippen molar-refractivity contribution in [1.82, 2.24) is 9.59 Å². The molecular formula is C9H5F4N3OS. The molecule has 0 aliphatic carbocycles. The topological polar surface area (TPSA) is 61.0 Å². The van der Waals surface area contributed by atoms with Crippen molar-refractivity contribution in [3.63, 3.8) is 0 Å². The molecule has 4 nitrogen and oxygen atoms in total. The van der Waals surface area contributed by atoms with Gasteiger partial charge in [0.05, 0.1) is 0 Å². The number of halogens is 4. The van der Waals surface area contributed by atoms with Gasteiger partial charge >= 0.3 is 0 Å². The maximum absolute atomic E-state index is 13.2. The highest BCUT2D eigenvalue weighted by Crippen LogP contribution is 2.27. The Hall–Kier alpha value is -1.90. The van der Waals surface area contributed by atoms with E-state index in [2.05, 4.69) is 14.3 Å². The zero-order chi connectivity index (χ0) is 13.3. The molecular weight excluding hydrogens is 274 g/mol. The van der Waals surface area contributed by atoms with E-state index in [-0.39, 0.29) is 16.8 Å². The van der Waals surface area contributed by atoms with Gasteiger partial charge in [0.25, 0.3) is 0 Å². The second kappa shape index (κ2) is 4.77. The maximum Gasteiger partial charge on any atom is 0.203 e. The average molecular weight is 279 g/mol. The number of nitrogens with zero attached hydrogens (tertiary/aromatic N) is 2. The quantitative estimate of drug-likeness (QED) is 0.691. The average Bonchev–Trinajstić information content (AvgIpc) is 2.73. The van der Waals surface area contributed by atoms with E-state index in [0.717, 1.165) is 11.5 Å². The summed E-state index contributed by atoms with van der Waals surface area (Å²) >= 11 is 0.855. The number of anilines is 1. The molecule has 0 aliphatic heterocycles. The molecule has 0 aliphatic rings. The number of hydrogen-bond donors (Lipinski definition) is 1. The summed E-state index contributed by atoms with van der Waals surface area (Å²) in [6.07, 6.45) is 0. The van der Waals surface area contributed by atoms with Gasteiger partial charge in [-0.25, -0.2) is 8.78 Å². The van der Waals surface area contributed by atoms with E-state index in [0.29, 0.717) is 0 Å². The van der Waals surface area contributed by atoms with Crippen molar-refractivity contribution in [3.05, 3.63) is 35.0 Å². The Balaban J connectivity index is 2.27. The zero-order valence-corrected chi connectivity index (χ0v) is 9.40. The largest absolute Gasteiger partial charge is 0.481 e. The molecule has 0 atom stereocenters. The molecule has 0 bridgehead atoms. The number of aromatic nitrogens is 2. The molecule has 96 valence electrons. The van der Waals surface area contributed by atoms with E-state index < -0.39 is 35.6 Å². The van der Waals surface area contributed by atoms with Crippen LogP contribution in [0.25, 0.3) is 0 Å². The number of rotatable bonds is 3. The lowest BCUT2D eigenvalue weighted by Crippen LogP contribution is -2.05. The molecule has 2 aromatic rings. The fraction of sp³-hybridized carbons (Fsp3) is 0.111. The highest BCUT2D eigenvalue weighted by molar-refractivity contribution is 7.09. The normalized spacial score (nSPS) is 10.7. The highest BCUT2D eigenvalue weighted by Gasteiger charge is 2.21. The van der Waals surface area contributed by atoms with E-state index in [1.165, 1.54) is 0 Å². The van der Waals surface area contributed by atoms with Gasteiger partial charge in [-0.15, -0.1) is 5.10 Å². The van der Waals surface area contributed by atoms with E-state index >= 15 is 0 Å². The van der Waals surface area contributed by atoms with Crippen LogP contribution in [-0.4, -0.2) is 9.59 Å². The van der Waals surface area contributed by atoms with Crippen LogP contribution in [-0.2, 0) is 6.61 Å². The van der Waals surface area contributed by atoms with Gasteiger partial charge in [-0.3, -0.25) is 0 Å². The Morgan fingerprint density at radius 1 is 1.17 bits per heavy atom. The van der Waals surface area contributed by atoms with Gasteiger partial charge in [-0.2, -0.15) is 8.78 Å². The molecule has 0 amide bonds. The van der Waals surface area contributed by atoms with Crippen molar-refractivity contribution in [2.24, 2.45) is 0 Å². The Morgan fingerprint density at radius 2 is 1.78 bits per heavy atom. The first-order chi connectivity index (χ1) is 8.50. The first-order valence-electron chi connectivity index (χ1n) is 4.53. The highest BCUT2D eigenvalue weighted by atomic mass is 32.1. The number of hydrogen-bond acceptors (Lipinski definition) is 5. The lowest BCUT2D eigenvalue weighted by atomic mass is 10.3. The lowest BCUT2D eigenvalue weighted by Gasteiger charge is -2.08. The number of benzene rings is 1. The minimum atomic E-state index is -1.62. The molecule has 9 heteroatoms. The summed E-state index contributed by atoms with van der Waals surface area (Å²) in [5.74, 6) is -7.48. The van der Waals surface area contributed by atoms with Gasteiger partial charge in [-0.1, -0.05) is 4.49 Å². The molecule has 0 fully saturated rings. The van der Waals surface area contributed by atoms with E-state index in [4.69, 9.17) is 5.73 Å². The van der Waals surface area contributed by atoms with Gasteiger partial charge in [0, 0.05) is 17.6 Å². The van der Waals surface area contributed by atoms with Gasteiger partial charge in [-0.05, 0) is 0 Å². The summed E-state index contributed by atoms with van der Waals surface area (Å²) in [5, 5.41) is 3.71. The smallest absolute Gasteiger partial charge is 0.203 e. The van der Waals surface area contributed by atoms with Crippen molar-refractivity contribution < 1.29 is 22.3 Å². The van der Waals surface area contributed by atoms with Crippen LogP contribution in [0.15, 0.2) is 6.07 Å². The third kappa shape index (κ3) is 2.21. The molecule has 0 unspecified atom stereocenters. The van der Waals surface area contributed by atoms with Gasteiger partial charge < -0.3 is 10.5 Å². The van der Waals surface area contributed by atoms with Crippen molar-refractivity contribution in [2.45, 2.75) is 6.61 Å². The molecule has 1 aromatic heterocycles.